The lowest BCUT2D eigenvalue weighted by molar-refractivity contribution is 0.795. The predicted octanol–water partition coefficient (Wildman–Crippen LogP) is 6.73. The Morgan fingerprint density at radius 2 is 1.77 bits per heavy atom. The maximum atomic E-state index is 9.03. The van der Waals surface area contributed by atoms with Gasteiger partial charge in [-0.2, -0.15) is 5.26 Å². The summed E-state index contributed by atoms with van der Waals surface area (Å²) in [6, 6.07) is 2.25. The minimum Gasteiger partial charge on any atom is -0.193 e. The molecule has 0 spiro atoms. The molecule has 0 saturated carbocycles. The van der Waals surface area contributed by atoms with Crippen LogP contribution in [-0.2, 0) is 0 Å². The number of halogens is 1. The number of hydrogen-bond acceptors (Lipinski definition) is 1. The van der Waals surface area contributed by atoms with Crippen molar-refractivity contribution in [2.75, 3.05) is 0 Å². The van der Waals surface area contributed by atoms with E-state index in [1.807, 2.05) is 26.8 Å². The lowest BCUT2D eigenvalue weighted by atomic mass is 10.0. The smallest absolute Gasteiger partial charge is 0.0949 e. The minimum absolute atomic E-state index is 0.0792. The average molecular weight is 320 g/mol. The van der Waals surface area contributed by atoms with Crippen molar-refractivity contribution in [2.24, 2.45) is 5.92 Å². The first-order valence-corrected chi connectivity index (χ1v) is 8.44. The minimum atomic E-state index is 0.0792. The van der Waals surface area contributed by atoms with Crippen molar-refractivity contribution in [3.8, 4) is 6.07 Å². The predicted molar refractivity (Wildman–Crippen MR) is 99.0 cm³/mol. The highest BCUT2D eigenvalue weighted by Gasteiger charge is 2.04. The Hall–Kier alpha value is -1.26. The molecule has 0 fully saturated rings. The molecule has 1 nitrogen and oxygen atoms in total. The van der Waals surface area contributed by atoms with Crippen LogP contribution >= 0.6 is 11.6 Å². The van der Waals surface area contributed by atoms with Crippen LogP contribution in [0, 0.1) is 17.2 Å². The van der Waals surface area contributed by atoms with Crippen molar-refractivity contribution in [2.45, 2.75) is 65.7 Å². The lowest BCUT2D eigenvalue weighted by Crippen LogP contribution is -1.99. The molecule has 0 bridgehead atoms. The topological polar surface area (TPSA) is 23.8 Å². The molecule has 0 aliphatic rings. The molecule has 0 radical (unpaired) electrons. The van der Waals surface area contributed by atoms with Crippen LogP contribution < -0.4 is 0 Å². The van der Waals surface area contributed by atoms with Crippen molar-refractivity contribution >= 4 is 11.6 Å². The van der Waals surface area contributed by atoms with E-state index in [9.17, 15) is 0 Å². The van der Waals surface area contributed by atoms with Gasteiger partial charge in [-0.3, -0.25) is 0 Å². The third-order valence-corrected chi connectivity index (χ3v) is 4.25. The second-order valence-corrected chi connectivity index (χ2v) is 6.87. The Balaban J connectivity index is 4.30. The molecule has 1 atom stereocenters. The molecular formula is C20H30ClN. The highest BCUT2D eigenvalue weighted by Crippen LogP contribution is 2.18. The summed E-state index contributed by atoms with van der Waals surface area (Å²) in [5.41, 5.74) is 4.56. The van der Waals surface area contributed by atoms with Gasteiger partial charge in [0, 0.05) is 5.57 Å². The molecule has 0 heterocycles. The highest BCUT2D eigenvalue weighted by molar-refractivity contribution is 6.22. The van der Waals surface area contributed by atoms with Gasteiger partial charge in [0.2, 0.25) is 0 Å². The zero-order chi connectivity index (χ0) is 17.1. The van der Waals surface area contributed by atoms with E-state index < -0.39 is 0 Å². The summed E-state index contributed by atoms with van der Waals surface area (Å²) in [5, 5.41) is 9.11. The van der Waals surface area contributed by atoms with Crippen molar-refractivity contribution in [3.63, 3.8) is 0 Å². The summed E-state index contributed by atoms with van der Waals surface area (Å²) in [6.45, 7) is 14.2. The normalized spacial score (nSPS) is 14.9. The monoisotopic (exact) mass is 319 g/mol. The van der Waals surface area contributed by atoms with Gasteiger partial charge in [-0.05, 0) is 58.4 Å². The zero-order valence-electron chi connectivity index (χ0n) is 14.7. The Morgan fingerprint density at radius 3 is 2.27 bits per heavy atom. The average Bonchev–Trinajstić information content (AvgIpc) is 2.44. The summed E-state index contributed by atoms with van der Waals surface area (Å²) in [6.07, 6.45) is 10.3. The fraction of sp³-hybridized carbons (Fsp3) is 0.550. The third kappa shape index (κ3) is 9.64. The molecule has 0 aromatic rings. The quantitative estimate of drug-likeness (QED) is 0.200. The molecule has 2 heteroatoms. The van der Waals surface area contributed by atoms with Crippen LogP contribution in [0.2, 0.25) is 0 Å². The molecule has 0 aromatic carbocycles. The van der Waals surface area contributed by atoms with E-state index in [-0.39, 0.29) is 11.3 Å². The maximum Gasteiger partial charge on any atom is 0.0949 e. The number of allylic oxidation sites excluding steroid dienone is 7. The SMILES string of the molecule is C=C(C)C(Cl)CC/C(C)=C/CC/C(C)=C/C=C(\C#N)C(C)C. The van der Waals surface area contributed by atoms with Gasteiger partial charge in [-0.25, -0.2) is 0 Å². The van der Waals surface area contributed by atoms with Crippen LogP contribution in [-0.4, -0.2) is 5.38 Å². The molecule has 0 N–H and O–H groups in total. The Morgan fingerprint density at radius 1 is 1.14 bits per heavy atom. The van der Waals surface area contributed by atoms with Gasteiger partial charge in [0.1, 0.15) is 0 Å². The van der Waals surface area contributed by atoms with Gasteiger partial charge >= 0.3 is 0 Å². The van der Waals surface area contributed by atoms with Crippen molar-refractivity contribution in [1.82, 2.24) is 0 Å². The third-order valence-electron chi connectivity index (χ3n) is 3.66. The molecule has 0 aromatic heterocycles. The summed E-state index contributed by atoms with van der Waals surface area (Å²) in [7, 11) is 0. The summed E-state index contributed by atoms with van der Waals surface area (Å²) < 4.78 is 0. The van der Waals surface area contributed by atoms with Gasteiger partial charge < -0.3 is 0 Å². The van der Waals surface area contributed by atoms with E-state index in [0.29, 0.717) is 0 Å². The van der Waals surface area contributed by atoms with E-state index in [1.54, 1.807) is 0 Å². The Bertz CT molecular complexity index is 486. The van der Waals surface area contributed by atoms with Gasteiger partial charge in [0.05, 0.1) is 11.4 Å². The molecular weight excluding hydrogens is 290 g/mol. The maximum absolute atomic E-state index is 9.03. The number of rotatable bonds is 9. The van der Waals surface area contributed by atoms with Crippen LogP contribution in [0.5, 0.6) is 0 Å². The van der Waals surface area contributed by atoms with Gasteiger partial charge in [-0.15, -0.1) is 11.6 Å². The largest absolute Gasteiger partial charge is 0.193 e. The van der Waals surface area contributed by atoms with Gasteiger partial charge in [-0.1, -0.05) is 49.3 Å². The van der Waals surface area contributed by atoms with Crippen LogP contribution in [0.3, 0.4) is 0 Å². The van der Waals surface area contributed by atoms with Gasteiger partial charge in [0.25, 0.3) is 0 Å². The fourth-order valence-corrected chi connectivity index (χ4v) is 2.03. The van der Waals surface area contributed by atoms with Crippen molar-refractivity contribution < 1.29 is 0 Å². The van der Waals surface area contributed by atoms with E-state index >= 15 is 0 Å². The first-order valence-electron chi connectivity index (χ1n) is 8.00. The summed E-state index contributed by atoms with van der Waals surface area (Å²) >= 11 is 6.19. The summed E-state index contributed by atoms with van der Waals surface area (Å²) in [4.78, 5) is 0. The number of hydrogen-bond donors (Lipinski definition) is 0. The zero-order valence-corrected chi connectivity index (χ0v) is 15.5. The van der Waals surface area contributed by atoms with Crippen molar-refractivity contribution in [1.29, 1.82) is 5.26 Å². The molecule has 0 amide bonds. The van der Waals surface area contributed by atoms with E-state index in [0.717, 1.165) is 36.8 Å². The second kappa shape index (κ2) is 11.3. The molecule has 0 saturated heterocycles. The Kier molecular flexibility index (Phi) is 10.7. The van der Waals surface area contributed by atoms with Crippen LogP contribution in [0.15, 0.2) is 47.1 Å². The first kappa shape index (κ1) is 20.7. The lowest BCUT2D eigenvalue weighted by Gasteiger charge is -2.08. The standard InChI is InChI=1S/C20H30ClN/c1-15(2)19(14-22)12-10-17(5)8-7-9-18(6)11-13-20(21)16(3)4/h9-10,12,15,20H,3,7-8,11,13H2,1-2,4-6H3/b17-10+,18-9+,19-12+. The number of nitriles is 1. The fourth-order valence-electron chi connectivity index (χ4n) is 1.92. The van der Waals surface area contributed by atoms with Gasteiger partial charge in [0.15, 0.2) is 0 Å². The van der Waals surface area contributed by atoms with Crippen molar-refractivity contribution in [3.05, 3.63) is 47.1 Å². The van der Waals surface area contributed by atoms with E-state index in [2.05, 4.69) is 38.6 Å². The van der Waals surface area contributed by atoms with E-state index in [4.69, 9.17) is 16.9 Å². The second-order valence-electron chi connectivity index (χ2n) is 6.34. The van der Waals surface area contributed by atoms with Crippen LogP contribution in [0.25, 0.3) is 0 Å². The van der Waals surface area contributed by atoms with Crippen LogP contribution in [0.1, 0.15) is 60.3 Å². The number of nitrogens with zero attached hydrogens (tertiary/aromatic N) is 1. The first-order chi connectivity index (χ1) is 10.3. The molecule has 122 valence electrons. The molecule has 0 aliphatic carbocycles. The molecule has 0 rings (SSSR count). The summed E-state index contributed by atoms with van der Waals surface area (Å²) in [5.74, 6) is 0.285. The van der Waals surface area contributed by atoms with E-state index in [1.165, 1.54) is 11.1 Å². The van der Waals surface area contributed by atoms with Crippen LogP contribution in [0.4, 0.5) is 0 Å². The number of alkyl halides is 1. The molecule has 0 aliphatic heterocycles. The highest BCUT2D eigenvalue weighted by atomic mass is 35.5. The Labute approximate surface area is 142 Å². The molecule has 22 heavy (non-hydrogen) atoms. The molecule has 1 unspecified atom stereocenters.